The van der Waals surface area contributed by atoms with Crippen molar-refractivity contribution in [3.05, 3.63) is 29.8 Å². The number of sulfonamides is 1. The monoisotopic (exact) mass is 297 g/mol. The molecule has 2 rings (SSSR count). The van der Waals surface area contributed by atoms with Gasteiger partial charge >= 0.3 is 0 Å². The maximum absolute atomic E-state index is 11.6. The lowest BCUT2D eigenvalue weighted by molar-refractivity contribution is 0.100. The number of carbonyl (C=O) groups excluding carboxylic acids is 1. The van der Waals surface area contributed by atoms with E-state index in [1.165, 1.54) is 10.6 Å². The van der Waals surface area contributed by atoms with Crippen molar-refractivity contribution in [2.24, 2.45) is 5.73 Å². The highest BCUT2D eigenvalue weighted by atomic mass is 32.2. The van der Waals surface area contributed by atoms with Crippen molar-refractivity contribution in [3.63, 3.8) is 0 Å². The van der Waals surface area contributed by atoms with Crippen LogP contribution in [0.4, 0.5) is 5.69 Å². The highest BCUT2D eigenvalue weighted by Gasteiger charge is 2.26. The second-order valence-electron chi connectivity index (χ2n) is 5.01. The Bertz CT molecular complexity index is 601. The minimum atomic E-state index is -3.18. The van der Waals surface area contributed by atoms with Crippen molar-refractivity contribution in [1.82, 2.24) is 4.31 Å². The van der Waals surface area contributed by atoms with E-state index in [-0.39, 0.29) is 6.04 Å². The van der Waals surface area contributed by atoms with E-state index in [1.807, 2.05) is 6.07 Å². The summed E-state index contributed by atoms with van der Waals surface area (Å²) < 4.78 is 24.6. The number of carbonyl (C=O) groups is 1. The van der Waals surface area contributed by atoms with Crippen LogP contribution in [0, 0.1) is 0 Å². The van der Waals surface area contributed by atoms with Crippen molar-refractivity contribution >= 4 is 21.6 Å². The lowest BCUT2D eigenvalue weighted by Crippen LogP contribution is -2.44. The van der Waals surface area contributed by atoms with Crippen LogP contribution in [0.5, 0.6) is 0 Å². The molecular weight excluding hydrogens is 278 g/mol. The summed E-state index contributed by atoms with van der Waals surface area (Å²) in [4.78, 5) is 11.4. The van der Waals surface area contributed by atoms with Gasteiger partial charge in [-0.3, -0.25) is 4.79 Å². The second kappa shape index (κ2) is 5.80. The number of hydrogen-bond donors (Lipinski definition) is 2. The molecule has 20 heavy (non-hydrogen) atoms. The smallest absolute Gasteiger partial charge is 0.250 e. The largest absolute Gasteiger partial charge is 0.380 e. The summed E-state index contributed by atoms with van der Waals surface area (Å²) in [5.74, 6) is -0.496. The first-order chi connectivity index (χ1) is 9.38. The fraction of sp³-hybridized carbons (Fsp3) is 0.462. The first-order valence-corrected chi connectivity index (χ1v) is 8.33. The summed E-state index contributed by atoms with van der Waals surface area (Å²) in [7, 11) is -3.18. The van der Waals surface area contributed by atoms with Crippen LogP contribution in [0.25, 0.3) is 0 Å². The number of anilines is 1. The second-order valence-corrected chi connectivity index (χ2v) is 7.00. The fourth-order valence-corrected chi connectivity index (χ4v) is 3.32. The molecule has 1 atom stereocenters. The molecule has 0 radical (unpaired) electrons. The van der Waals surface area contributed by atoms with Crippen LogP contribution in [0.15, 0.2) is 24.3 Å². The van der Waals surface area contributed by atoms with Gasteiger partial charge in [-0.15, -0.1) is 0 Å². The van der Waals surface area contributed by atoms with Gasteiger partial charge in [0.2, 0.25) is 10.0 Å². The van der Waals surface area contributed by atoms with Crippen LogP contribution < -0.4 is 11.1 Å². The van der Waals surface area contributed by atoms with Gasteiger partial charge in [0.1, 0.15) is 0 Å². The third-order valence-corrected chi connectivity index (χ3v) is 4.67. The van der Waals surface area contributed by atoms with Gasteiger partial charge in [0.15, 0.2) is 0 Å². The van der Waals surface area contributed by atoms with E-state index in [2.05, 4.69) is 5.32 Å². The number of amides is 1. The molecule has 1 aliphatic rings. The Morgan fingerprint density at radius 3 is 2.75 bits per heavy atom. The number of hydrogen-bond acceptors (Lipinski definition) is 4. The molecule has 1 unspecified atom stereocenters. The van der Waals surface area contributed by atoms with E-state index in [1.54, 1.807) is 18.2 Å². The maximum atomic E-state index is 11.6. The molecule has 0 saturated carbocycles. The predicted octanol–water partition coefficient (Wildman–Crippen LogP) is 0.621. The van der Waals surface area contributed by atoms with Crippen LogP contribution in [-0.2, 0) is 10.0 Å². The summed E-state index contributed by atoms with van der Waals surface area (Å²) in [6, 6.07) is 6.97. The number of para-hydroxylation sites is 1. The van der Waals surface area contributed by atoms with Gasteiger partial charge in [0, 0.05) is 24.8 Å². The average molecular weight is 297 g/mol. The Balaban J connectivity index is 2.12. The third-order valence-electron chi connectivity index (χ3n) is 3.41. The number of nitrogens with zero attached hydrogens (tertiary/aromatic N) is 1. The van der Waals surface area contributed by atoms with E-state index in [0.717, 1.165) is 12.8 Å². The molecule has 6 nitrogen and oxygen atoms in total. The lowest BCUT2D eigenvalue weighted by Gasteiger charge is -2.32. The van der Waals surface area contributed by atoms with Gasteiger partial charge in [0.05, 0.1) is 11.8 Å². The number of primary amides is 1. The van der Waals surface area contributed by atoms with Crippen LogP contribution >= 0.6 is 0 Å². The van der Waals surface area contributed by atoms with Crippen molar-refractivity contribution in [3.8, 4) is 0 Å². The molecule has 1 saturated heterocycles. The lowest BCUT2D eigenvalue weighted by atomic mass is 10.1. The van der Waals surface area contributed by atoms with Crippen LogP contribution in [0.3, 0.4) is 0 Å². The summed E-state index contributed by atoms with van der Waals surface area (Å²) in [6.07, 6.45) is 2.87. The Kier molecular flexibility index (Phi) is 4.29. The molecule has 1 heterocycles. The van der Waals surface area contributed by atoms with Gasteiger partial charge < -0.3 is 11.1 Å². The molecule has 7 heteroatoms. The SMILES string of the molecule is CS(=O)(=O)N1CCCC(Nc2ccccc2C(N)=O)C1. The van der Waals surface area contributed by atoms with Crippen molar-refractivity contribution < 1.29 is 13.2 Å². The minimum absolute atomic E-state index is 0.0148. The highest BCUT2D eigenvalue weighted by Crippen LogP contribution is 2.20. The number of nitrogens with one attached hydrogen (secondary N) is 1. The van der Waals surface area contributed by atoms with E-state index in [0.29, 0.717) is 24.3 Å². The van der Waals surface area contributed by atoms with Crippen molar-refractivity contribution in [1.29, 1.82) is 0 Å². The number of piperidine rings is 1. The topological polar surface area (TPSA) is 92.5 Å². The quantitative estimate of drug-likeness (QED) is 0.852. The molecule has 0 bridgehead atoms. The summed E-state index contributed by atoms with van der Waals surface area (Å²) in [5, 5.41) is 3.23. The molecule has 110 valence electrons. The normalized spacial score (nSPS) is 20.6. The van der Waals surface area contributed by atoms with Gasteiger partial charge in [-0.25, -0.2) is 12.7 Å². The number of benzene rings is 1. The van der Waals surface area contributed by atoms with Gasteiger partial charge in [-0.2, -0.15) is 0 Å². The first kappa shape index (κ1) is 14.8. The van der Waals surface area contributed by atoms with E-state index in [9.17, 15) is 13.2 Å². The minimum Gasteiger partial charge on any atom is -0.380 e. The van der Waals surface area contributed by atoms with Gasteiger partial charge in [0.25, 0.3) is 5.91 Å². The summed E-state index contributed by atoms with van der Waals surface area (Å²) >= 11 is 0. The molecule has 0 aliphatic carbocycles. The molecular formula is C13H19N3O3S. The Morgan fingerprint density at radius 1 is 1.40 bits per heavy atom. The van der Waals surface area contributed by atoms with Gasteiger partial charge in [-0.05, 0) is 25.0 Å². The molecule has 1 aromatic carbocycles. The average Bonchev–Trinajstić information content (AvgIpc) is 2.38. The zero-order chi connectivity index (χ0) is 14.8. The predicted molar refractivity (Wildman–Crippen MR) is 78.0 cm³/mol. The first-order valence-electron chi connectivity index (χ1n) is 6.48. The fourth-order valence-electron chi connectivity index (χ4n) is 2.41. The van der Waals surface area contributed by atoms with E-state index < -0.39 is 15.9 Å². The molecule has 0 spiro atoms. The van der Waals surface area contributed by atoms with E-state index >= 15 is 0 Å². The Hall–Kier alpha value is -1.60. The summed E-state index contributed by atoms with van der Waals surface area (Å²) in [6.45, 7) is 0.959. The van der Waals surface area contributed by atoms with E-state index in [4.69, 9.17) is 5.73 Å². The van der Waals surface area contributed by atoms with Crippen LogP contribution in [0.2, 0.25) is 0 Å². The zero-order valence-corrected chi connectivity index (χ0v) is 12.2. The third kappa shape index (κ3) is 3.49. The standard InChI is InChI=1S/C13H19N3O3S/c1-20(18,19)16-8-4-5-10(9-16)15-12-7-3-2-6-11(12)13(14)17/h2-3,6-7,10,15H,4-5,8-9H2,1H3,(H2,14,17). The summed E-state index contributed by atoms with van der Waals surface area (Å²) in [5.41, 5.74) is 6.40. The Labute approximate surface area is 119 Å². The molecule has 1 fully saturated rings. The molecule has 3 N–H and O–H groups in total. The molecule has 1 amide bonds. The highest BCUT2D eigenvalue weighted by molar-refractivity contribution is 7.88. The number of rotatable bonds is 4. The van der Waals surface area contributed by atoms with Crippen LogP contribution in [-0.4, -0.2) is 44.0 Å². The van der Waals surface area contributed by atoms with Gasteiger partial charge in [-0.1, -0.05) is 12.1 Å². The zero-order valence-electron chi connectivity index (χ0n) is 11.4. The molecule has 0 aromatic heterocycles. The van der Waals surface area contributed by atoms with Crippen molar-refractivity contribution in [2.45, 2.75) is 18.9 Å². The van der Waals surface area contributed by atoms with Crippen LogP contribution in [0.1, 0.15) is 23.2 Å². The van der Waals surface area contributed by atoms with Crippen molar-refractivity contribution in [2.75, 3.05) is 24.7 Å². The molecule has 1 aromatic rings. The Morgan fingerprint density at radius 2 is 2.10 bits per heavy atom. The maximum Gasteiger partial charge on any atom is 0.250 e. The number of nitrogens with two attached hydrogens (primary N) is 1. The molecule has 1 aliphatic heterocycles.